The molecule has 8 aromatic rings. The molecule has 61 heavy (non-hydrogen) atoms. The smallest absolute Gasteiger partial charge is 0.258 e. The number of aromatic nitrogens is 10. The first-order chi connectivity index (χ1) is 29.4. The van der Waals surface area contributed by atoms with E-state index in [0.717, 1.165) is 96.9 Å². The number of hydrogen-bond donors (Lipinski definition) is 0. The third-order valence-corrected chi connectivity index (χ3v) is 11.6. The zero-order chi connectivity index (χ0) is 42.5. The average Bonchev–Trinajstić information content (AvgIpc) is 4.02. The summed E-state index contributed by atoms with van der Waals surface area (Å²) in [4.78, 5) is 51.1. The first-order valence-corrected chi connectivity index (χ1v) is 20.9. The molecule has 10 heterocycles. The average molecular weight is 822 g/mol. The summed E-state index contributed by atoms with van der Waals surface area (Å²) in [5.74, 6) is 2.09. The van der Waals surface area contributed by atoms with E-state index in [9.17, 15) is 9.59 Å². The number of rotatable bonds is 9. The molecule has 0 unspecified atom stereocenters. The van der Waals surface area contributed by atoms with E-state index in [1.807, 2.05) is 82.2 Å². The summed E-state index contributed by atoms with van der Waals surface area (Å²) < 4.78 is 12.5. The standard InChI is InChI=1S/C23H25N7O.C22H26N6O2/c1-14-8-30-21(15(2)24-14)6-20(26-30)19-7-23(31)29-13-18(4-5-22(29)25-19)28-11-16-9-27(3)10-17(16)12-28;1-5-17-20-11-19(25-28(20)13-15(2)23-17)18-12-22(29)27-14-16(7-8-21(27)24-18)30-10-6-9-26(3)4/h4-8,13,16-17H,9-12H2,1-3H3;7-8,11-14H,5-6,9-10H2,1-4H3/t16-,17+;. The number of ether oxygens (including phenoxy) is 1. The van der Waals surface area contributed by atoms with Crippen LogP contribution in [-0.2, 0) is 6.42 Å². The third kappa shape index (κ3) is 8.08. The van der Waals surface area contributed by atoms with Gasteiger partial charge in [-0.25, -0.2) is 19.0 Å². The van der Waals surface area contributed by atoms with Gasteiger partial charge in [0.25, 0.3) is 11.1 Å². The first-order valence-electron chi connectivity index (χ1n) is 20.9. The minimum Gasteiger partial charge on any atom is -0.492 e. The van der Waals surface area contributed by atoms with E-state index in [2.05, 4.69) is 59.9 Å². The molecule has 0 radical (unpaired) electrons. The molecule has 0 N–H and O–H groups in total. The van der Waals surface area contributed by atoms with Crippen molar-refractivity contribution in [2.24, 2.45) is 11.8 Å². The molecule has 2 aliphatic rings. The second-order valence-electron chi connectivity index (χ2n) is 16.7. The summed E-state index contributed by atoms with van der Waals surface area (Å²) >= 11 is 0. The van der Waals surface area contributed by atoms with Crippen LogP contribution >= 0.6 is 0 Å². The number of pyridine rings is 2. The number of aryl methyl sites for hydroxylation is 4. The Labute approximate surface area is 352 Å². The van der Waals surface area contributed by atoms with E-state index in [4.69, 9.17) is 9.72 Å². The van der Waals surface area contributed by atoms with Crippen molar-refractivity contribution in [2.45, 2.75) is 40.5 Å². The van der Waals surface area contributed by atoms with Gasteiger partial charge in [-0.05, 0) is 103 Å². The monoisotopic (exact) mass is 821 g/mol. The second-order valence-corrected chi connectivity index (χ2v) is 16.7. The van der Waals surface area contributed by atoms with Gasteiger partial charge in [-0.3, -0.25) is 28.4 Å². The Kier molecular flexibility index (Phi) is 10.6. The highest BCUT2D eigenvalue weighted by molar-refractivity contribution is 5.68. The molecule has 0 spiro atoms. The molecule has 16 nitrogen and oxygen atoms in total. The van der Waals surface area contributed by atoms with E-state index in [-0.39, 0.29) is 11.1 Å². The lowest BCUT2D eigenvalue weighted by Crippen LogP contribution is -2.27. The number of nitrogens with zero attached hydrogens (tertiary/aromatic N) is 13. The van der Waals surface area contributed by atoms with Crippen LogP contribution in [-0.4, -0.2) is 118 Å². The molecule has 2 atom stereocenters. The minimum absolute atomic E-state index is 0.0935. The Morgan fingerprint density at radius 1 is 0.689 bits per heavy atom. The summed E-state index contributed by atoms with van der Waals surface area (Å²) in [5.41, 5.74) is 10.0. The van der Waals surface area contributed by atoms with E-state index in [1.54, 1.807) is 27.2 Å². The van der Waals surface area contributed by atoms with E-state index >= 15 is 0 Å². The molecule has 2 aliphatic heterocycles. The zero-order valence-corrected chi connectivity index (χ0v) is 35.8. The fourth-order valence-corrected chi connectivity index (χ4v) is 8.70. The molecule has 314 valence electrons. The van der Waals surface area contributed by atoms with E-state index < -0.39 is 0 Å². The normalized spacial score (nSPS) is 16.6. The molecule has 2 fully saturated rings. The molecule has 10 rings (SSSR count). The van der Waals surface area contributed by atoms with Crippen LogP contribution in [0.25, 0.3) is 45.1 Å². The van der Waals surface area contributed by atoms with Crippen LogP contribution in [0.15, 0.2) is 82.9 Å². The number of hydrogen-bond acceptors (Lipinski definition) is 12. The van der Waals surface area contributed by atoms with Crippen LogP contribution < -0.4 is 20.8 Å². The Morgan fingerprint density at radius 2 is 1.28 bits per heavy atom. The summed E-state index contributed by atoms with van der Waals surface area (Å²) in [5, 5.41) is 9.24. The zero-order valence-electron chi connectivity index (χ0n) is 35.8. The quantitative estimate of drug-likeness (QED) is 0.187. The molecule has 0 aromatic carbocycles. The van der Waals surface area contributed by atoms with Crippen LogP contribution in [0.5, 0.6) is 5.75 Å². The highest BCUT2D eigenvalue weighted by atomic mass is 16.5. The van der Waals surface area contributed by atoms with Gasteiger partial charge in [0.2, 0.25) is 0 Å². The maximum absolute atomic E-state index is 13.0. The lowest BCUT2D eigenvalue weighted by atomic mass is 10.0. The van der Waals surface area contributed by atoms with Crippen molar-refractivity contribution in [3.8, 4) is 28.5 Å². The van der Waals surface area contributed by atoms with Crippen molar-refractivity contribution in [2.75, 3.05) is 65.4 Å². The molecular formula is C45H51N13O3. The Hall–Kier alpha value is -6.52. The fraction of sp³-hybridized carbons (Fsp3) is 0.378. The van der Waals surface area contributed by atoms with Gasteiger partial charge in [-0.15, -0.1) is 0 Å². The van der Waals surface area contributed by atoms with Crippen LogP contribution in [0, 0.1) is 32.6 Å². The SMILES string of the molecule is CCc1nc(C)cn2nc(-c3cc(=O)n4cc(OCCCN(C)C)ccc4n3)cc12.Cc1cn2nc(-c3cc(=O)n4cc(N5C[C@H]6CN(C)C[C@H]6C5)ccc4n3)cc2c(C)n1. The largest absolute Gasteiger partial charge is 0.492 e. The predicted molar refractivity (Wildman–Crippen MR) is 236 cm³/mol. The first kappa shape index (κ1) is 39.9. The Balaban J connectivity index is 0.000000156. The lowest BCUT2D eigenvalue weighted by molar-refractivity contribution is 0.280. The minimum atomic E-state index is -0.171. The molecule has 0 bridgehead atoms. The predicted octanol–water partition coefficient (Wildman–Crippen LogP) is 4.62. The van der Waals surface area contributed by atoms with Crippen molar-refractivity contribution < 1.29 is 4.74 Å². The van der Waals surface area contributed by atoms with E-state index in [1.165, 1.54) is 10.5 Å². The number of likely N-dealkylation sites (tertiary alicyclic amines) is 1. The van der Waals surface area contributed by atoms with Crippen LogP contribution in [0.1, 0.15) is 36.1 Å². The van der Waals surface area contributed by atoms with Gasteiger partial charge in [0.05, 0.1) is 76.1 Å². The summed E-state index contributed by atoms with van der Waals surface area (Å²) in [7, 11) is 6.26. The molecule has 0 aliphatic carbocycles. The molecule has 0 amide bonds. The molecule has 16 heteroatoms. The van der Waals surface area contributed by atoms with E-state index in [0.29, 0.717) is 46.4 Å². The Morgan fingerprint density at radius 3 is 1.92 bits per heavy atom. The van der Waals surface area contributed by atoms with Crippen molar-refractivity contribution in [3.63, 3.8) is 0 Å². The summed E-state index contributed by atoms with van der Waals surface area (Å²) in [6, 6.07) is 14.6. The topological polar surface area (TPSA) is 148 Å². The highest BCUT2D eigenvalue weighted by Gasteiger charge is 2.38. The lowest BCUT2D eigenvalue weighted by Gasteiger charge is -2.21. The second kappa shape index (κ2) is 16.2. The van der Waals surface area contributed by atoms with Gasteiger partial charge in [0.1, 0.15) is 28.4 Å². The van der Waals surface area contributed by atoms with Crippen LogP contribution in [0.4, 0.5) is 5.69 Å². The summed E-state index contributed by atoms with van der Waals surface area (Å²) in [6.45, 7) is 13.9. The number of anilines is 1. The number of fused-ring (bicyclic) bond motifs is 5. The van der Waals surface area contributed by atoms with Crippen molar-refractivity contribution in [3.05, 3.63) is 117 Å². The van der Waals surface area contributed by atoms with Gasteiger partial charge >= 0.3 is 0 Å². The molecule has 0 saturated carbocycles. The molecule has 8 aromatic heterocycles. The van der Waals surface area contributed by atoms with Gasteiger partial charge < -0.3 is 19.4 Å². The summed E-state index contributed by atoms with van der Waals surface area (Å²) in [6.07, 6.45) is 9.11. The maximum Gasteiger partial charge on any atom is 0.258 e. The van der Waals surface area contributed by atoms with Gasteiger partial charge in [-0.1, -0.05) is 6.92 Å². The van der Waals surface area contributed by atoms with Crippen LogP contribution in [0.3, 0.4) is 0 Å². The van der Waals surface area contributed by atoms with Gasteiger partial charge in [-0.2, -0.15) is 10.2 Å². The third-order valence-electron chi connectivity index (χ3n) is 11.6. The van der Waals surface area contributed by atoms with Crippen molar-refractivity contribution in [1.29, 1.82) is 0 Å². The Bertz CT molecular complexity index is 3040. The van der Waals surface area contributed by atoms with Gasteiger partial charge in [0, 0.05) is 51.1 Å². The van der Waals surface area contributed by atoms with Crippen molar-refractivity contribution >= 4 is 28.0 Å². The van der Waals surface area contributed by atoms with Gasteiger partial charge in [0.15, 0.2) is 0 Å². The van der Waals surface area contributed by atoms with Crippen molar-refractivity contribution in [1.82, 2.24) is 57.8 Å². The highest BCUT2D eigenvalue weighted by Crippen LogP contribution is 2.33. The fourth-order valence-electron chi connectivity index (χ4n) is 8.70. The molecular weight excluding hydrogens is 771 g/mol. The molecule has 2 saturated heterocycles. The maximum atomic E-state index is 13.0. The van der Waals surface area contributed by atoms with Crippen LogP contribution in [0.2, 0.25) is 0 Å².